The van der Waals surface area contributed by atoms with Crippen LogP contribution in [0.3, 0.4) is 0 Å². The van der Waals surface area contributed by atoms with E-state index in [1.165, 1.54) is 50.8 Å². The second kappa shape index (κ2) is 6.68. The van der Waals surface area contributed by atoms with Crippen molar-refractivity contribution in [2.75, 3.05) is 13.1 Å². The summed E-state index contributed by atoms with van der Waals surface area (Å²) in [5.74, 6) is 0. The maximum absolute atomic E-state index is 4.10. The zero-order valence-corrected chi connectivity index (χ0v) is 12.6. The van der Waals surface area contributed by atoms with Crippen LogP contribution in [0.5, 0.6) is 0 Å². The second-order valence-corrected chi connectivity index (χ2v) is 6.40. The van der Waals surface area contributed by atoms with Crippen molar-refractivity contribution in [3.8, 4) is 0 Å². The van der Waals surface area contributed by atoms with E-state index in [-0.39, 0.29) is 0 Å². The van der Waals surface area contributed by atoms with Crippen molar-refractivity contribution >= 4 is 0 Å². The molecule has 3 heterocycles. The third-order valence-electron chi connectivity index (χ3n) is 4.91. The van der Waals surface area contributed by atoms with E-state index in [9.17, 15) is 0 Å². The van der Waals surface area contributed by atoms with Crippen LogP contribution >= 0.6 is 0 Å². The van der Waals surface area contributed by atoms with Crippen molar-refractivity contribution in [2.45, 2.75) is 63.6 Å². The minimum atomic E-state index is 0.791. The van der Waals surface area contributed by atoms with Gasteiger partial charge in [-0.1, -0.05) is 6.92 Å². The largest absolute Gasteiger partial charge is 0.311 e. The molecule has 1 N–H and O–H groups in total. The number of piperidine rings is 1. The van der Waals surface area contributed by atoms with Gasteiger partial charge in [-0.3, -0.25) is 9.88 Å². The van der Waals surface area contributed by atoms with Gasteiger partial charge in [-0.15, -0.1) is 0 Å². The number of nitrogens with zero attached hydrogens (tertiary/aromatic N) is 2. The van der Waals surface area contributed by atoms with E-state index >= 15 is 0 Å². The van der Waals surface area contributed by atoms with Gasteiger partial charge in [-0.25, -0.2) is 0 Å². The lowest BCUT2D eigenvalue weighted by atomic mass is 9.97. The van der Waals surface area contributed by atoms with E-state index in [1.807, 2.05) is 12.4 Å². The van der Waals surface area contributed by atoms with E-state index in [0.717, 1.165) is 24.5 Å². The number of aromatic nitrogens is 1. The van der Waals surface area contributed by atoms with Gasteiger partial charge in [0.15, 0.2) is 0 Å². The highest BCUT2D eigenvalue weighted by Crippen LogP contribution is 2.29. The summed E-state index contributed by atoms with van der Waals surface area (Å²) in [5.41, 5.74) is 1.41. The van der Waals surface area contributed by atoms with Crippen molar-refractivity contribution in [2.24, 2.45) is 0 Å². The molecule has 0 aromatic carbocycles. The molecule has 0 spiro atoms. The molecule has 2 atom stereocenters. The Kier molecular flexibility index (Phi) is 4.69. The fourth-order valence-corrected chi connectivity index (χ4v) is 3.91. The van der Waals surface area contributed by atoms with Crippen molar-refractivity contribution < 1.29 is 0 Å². The molecule has 0 aliphatic carbocycles. The summed E-state index contributed by atoms with van der Waals surface area (Å²) >= 11 is 0. The van der Waals surface area contributed by atoms with Crippen LogP contribution in [-0.4, -0.2) is 41.1 Å². The Balaban J connectivity index is 1.57. The lowest BCUT2D eigenvalue weighted by Crippen LogP contribution is -2.49. The van der Waals surface area contributed by atoms with Crippen LogP contribution in [-0.2, 0) is 6.42 Å². The molecule has 2 aliphatic heterocycles. The topological polar surface area (TPSA) is 28.2 Å². The monoisotopic (exact) mass is 273 g/mol. The Morgan fingerprint density at radius 3 is 2.50 bits per heavy atom. The Bertz CT molecular complexity index is 394. The normalized spacial score (nSPS) is 29.0. The highest BCUT2D eigenvalue weighted by atomic mass is 15.2. The maximum atomic E-state index is 4.10. The first-order chi connectivity index (χ1) is 9.85. The highest BCUT2D eigenvalue weighted by molar-refractivity contribution is 5.10. The van der Waals surface area contributed by atoms with Gasteiger partial charge in [0.1, 0.15) is 0 Å². The molecule has 1 aromatic heterocycles. The Labute approximate surface area is 122 Å². The molecule has 3 nitrogen and oxygen atoms in total. The molecule has 0 saturated carbocycles. The van der Waals surface area contributed by atoms with Gasteiger partial charge < -0.3 is 5.32 Å². The number of hydrogen-bond donors (Lipinski definition) is 1. The van der Waals surface area contributed by atoms with Crippen molar-refractivity contribution in [1.82, 2.24) is 15.2 Å². The number of hydrogen-bond acceptors (Lipinski definition) is 3. The van der Waals surface area contributed by atoms with Gasteiger partial charge in [-0.05, 0) is 62.8 Å². The molecule has 2 fully saturated rings. The van der Waals surface area contributed by atoms with E-state index in [4.69, 9.17) is 0 Å². The second-order valence-electron chi connectivity index (χ2n) is 6.40. The van der Waals surface area contributed by atoms with Gasteiger partial charge in [0, 0.05) is 37.1 Å². The molecule has 110 valence electrons. The van der Waals surface area contributed by atoms with Crippen LogP contribution < -0.4 is 5.32 Å². The third kappa shape index (κ3) is 3.39. The Morgan fingerprint density at radius 2 is 1.85 bits per heavy atom. The standard InChI is InChI=1S/C17H27N3/c1-2-10-20(11-7-14-5-8-18-9-6-14)17-12-15-3-4-16(13-17)19-15/h5-6,8-9,15-17,19H,2-4,7,10-13H2,1H3. The summed E-state index contributed by atoms with van der Waals surface area (Å²) in [6.45, 7) is 4.74. The Morgan fingerprint density at radius 1 is 1.15 bits per heavy atom. The van der Waals surface area contributed by atoms with Crippen LogP contribution in [0.25, 0.3) is 0 Å². The van der Waals surface area contributed by atoms with E-state index in [0.29, 0.717) is 0 Å². The molecule has 2 bridgehead atoms. The zero-order valence-electron chi connectivity index (χ0n) is 12.6. The lowest BCUT2D eigenvalue weighted by Gasteiger charge is -2.37. The minimum absolute atomic E-state index is 0.791. The predicted molar refractivity (Wildman–Crippen MR) is 82.8 cm³/mol. The smallest absolute Gasteiger partial charge is 0.0270 e. The molecule has 2 unspecified atom stereocenters. The van der Waals surface area contributed by atoms with E-state index in [1.54, 1.807) is 0 Å². The summed E-state index contributed by atoms with van der Waals surface area (Å²) in [5, 5.41) is 3.76. The average Bonchev–Trinajstić information content (AvgIpc) is 2.83. The predicted octanol–water partition coefficient (Wildman–Crippen LogP) is 2.62. The van der Waals surface area contributed by atoms with Gasteiger partial charge in [0.05, 0.1) is 0 Å². The molecule has 2 aliphatic rings. The first-order valence-electron chi connectivity index (χ1n) is 8.24. The van der Waals surface area contributed by atoms with Gasteiger partial charge >= 0.3 is 0 Å². The molecule has 3 rings (SSSR count). The summed E-state index contributed by atoms with van der Waals surface area (Å²) in [7, 11) is 0. The molecular weight excluding hydrogens is 246 g/mol. The molecule has 0 amide bonds. The summed E-state index contributed by atoms with van der Waals surface area (Å²) in [6, 6.07) is 6.68. The van der Waals surface area contributed by atoms with Gasteiger partial charge in [-0.2, -0.15) is 0 Å². The van der Waals surface area contributed by atoms with Crippen LogP contribution in [0.1, 0.15) is 44.6 Å². The Hall–Kier alpha value is -0.930. The number of rotatable bonds is 6. The molecule has 2 saturated heterocycles. The molecule has 20 heavy (non-hydrogen) atoms. The molecule has 0 radical (unpaired) electrons. The zero-order chi connectivity index (χ0) is 13.8. The molecule has 3 heteroatoms. The quantitative estimate of drug-likeness (QED) is 0.863. The first kappa shape index (κ1) is 14.0. The van der Waals surface area contributed by atoms with Crippen molar-refractivity contribution in [1.29, 1.82) is 0 Å². The van der Waals surface area contributed by atoms with Gasteiger partial charge in [0.25, 0.3) is 0 Å². The fourth-order valence-electron chi connectivity index (χ4n) is 3.91. The minimum Gasteiger partial charge on any atom is -0.311 e. The van der Waals surface area contributed by atoms with Gasteiger partial charge in [0.2, 0.25) is 0 Å². The van der Waals surface area contributed by atoms with Crippen LogP contribution in [0, 0.1) is 0 Å². The summed E-state index contributed by atoms with van der Waals surface area (Å²) in [6.07, 6.45) is 11.7. The molecular formula is C17H27N3. The van der Waals surface area contributed by atoms with Crippen LogP contribution in [0.15, 0.2) is 24.5 Å². The average molecular weight is 273 g/mol. The number of pyridine rings is 1. The summed E-state index contributed by atoms with van der Waals surface area (Å²) < 4.78 is 0. The molecule has 1 aromatic rings. The maximum Gasteiger partial charge on any atom is 0.0270 e. The first-order valence-corrected chi connectivity index (χ1v) is 8.24. The SMILES string of the molecule is CCCN(CCc1ccncc1)C1CC2CCC(C1)N2. The van der Waals surface area contributed by atoms with Crippen molar-refractivity contribution in [3.05, 3.63) is 30.1 Å². The van der Waals surface area contributed by atoms with Crippen LogP contribution in [0.4, 0.5) is 0 Å². The summed E-state index contributed by atoms with van der Waals surface area (Å²) in [4.78, 5) is 6.85. The third-order valence-corrected chi connectivity index (χ3v) is 4.91. The van der Waals surface area contributed by atoms with E-state index < -0.39 is 0 Å². The number of nitrogens with one attached hydrogen (secondary N) is 1. The lowest BCUT2D eigenvalue weighted by molar-refractivity contribution is 0.142. The highest BCUT2D eigenvalue weighted by Gasteiger charge is 2.35. The van der Waals surface area contributed by atoms with Crippen LogP contribution in [0.2, 0.25) is 0 Å². The fraction of sp³-hybridized carbons (Fsp3) is 0.706. The van der Waals surface area contributed by atoms with Crippen molar-refractivity contribution in [3.63, 3.8) is 0 Å². The van der Waals surface area contributed by atoms with E-state index in [2.05, 4.69) is 34.3 Å². The number of fused-ring (bicyclic) bond motifs is 2.